The van der Waals surface area contributed by atoms with E-state index in [-0.39, 0.29) is 29.7 Å². The van der Waals surface area contributed by atoms with Crippen LogP contribution in [0.25, 0.3) is 0 Å². The van der Waals surface area contributed by atoms with Gasteiger partial charge in [0.2, 0.25) is 0 Å². The van der Waals surface area contributed by atoms with Crippen molar-refractivity contribution in [3.63, 3.8) is 0 Å². The van der Waals surface area contributed by atoms with Crippen molar-refractivity contribution in [2.75, 3.05) is 19.8 Å². The Morgan fingerprint density at radius 1 is 1.12 bits per heavy atom. The number of para-hydroxylation sites is 1. The van der Waals surface area contributed by atoms with Crippen molar-refractivity contribution in [2.45, 2.75) is 25.8 Å². The first kappa shape index (κ1) is 23.7. The first-order valence-electron chi connectivity index (χ1n) is 10.2. The summed E-state index contributed by atoms with van der Waals surface area (Å²) in [5.41, 5.74) is -0.144. The van der Waals surface area contributed by atoms with Gasteiger partial charge in [-0.3, -0.25) is 14.9 Å². The van der Waals surface area contributed by atoms with Crippen molar-refractivity contribution >= 4 is 19.4 Å². The summed E-state index contributed by atoms with van der Waals surface area (Å²) in [6.45, 7) is 3.02. The van der Waals surface area contributed by atoms with Crippen LogP contribution in [0.1, 0.15) is 19.8 Å². The topological polar surface area (TPSA) is 126 Å². The van der Waals surface area contributed by atoms with Crippen molar-refractivity contribution in [2.24, 2.45) is 5.92 Å². The molecule has 1 N–H and O–H groups in total. The molecule has 10 nitrogen and oxygen atoms in total. The highest BCUT2D eigenvalue weighted by atomic mass is 31.2. The maximum Gasteiger partial charge on any atom is 0.513 e. The highest BCUT2D eigenvalue weighted by Gasteiger charge is 2.34. The minimum absolute atomic E-state index is 0.0742. The molecule has 2 atom stereocenters. The molecule has 0 aliphatic carbocycles. The zero-order valence-electron chi connectivity index (χ0n) is 17.5. The number of hydrogen-bond donors (Lipinski definition) is 1. The third-order valence-electron chi connectivity index (χ3n) is 4.75. The predicted octanol–water partition coefficient (Wildman–Crippen LogP) is 4.11. The number of benzene rings is 2. The zero-order valence-corrected chi connectivity index (χ0v) is 18.4. The van der Waals surface area contributed by atoms with Gasteiger partial charge >= 0.3 is 13.7 Å². The lowest BCUT2D eigenvalue weighted by atomic mass is 10.0. The van der Waals surface area contributed by atoms with Crippen LogP contribution in [-0.4, -0.2) is 36.8 Å². The molecule has 0 bridgehead atoms. The normalized spacial score (nSPS) is 17.0. The molecule has 2 aromatic rings. The van der Waals surface area contributed by atoms with Gasteiger partial charge in [0.1, 0.15) is 17.5 Å². The lowest BCUT2D eigenvalue weighted by Gasteiger charge is -2.24. The standard InChI is InChI=1S/C21H25N2O8P/c1-16(21(24)29-15-17-11-13-28-14-12-17)22-32(27,30-19-5-3-2-4-6-19)31-20-9-7-18(8-10-20)23(25)26/h2-10,16-17H,11-15H2,1H3,(H,22,27)/t16-,32?/m0/s1. The molecule has 2 aromatic carbocycles. The van der Waals surface area contributed by atoms with E-state index in [0.29, 0.717) is 13.2 Å². The maximum absolute atomic E-state index is 13.5. The van der Waals surface area contributed by atoms with Gasteiger partial charge in [-0.1, -0.05) is 18.2 Å². The largest absolute Gasteiger partial charge is 0.513 e. The SMILES string of the molecule is C[C@H](NP(=O)(Oc1ccccc1)Oc1ccc([N+](=O)[O-])cc1)C(=O)OCC1CCOCC1. The van der Waals surface area contributed by atoms with E-state index in [4.69, 9.17) is 18.5 Å². The molecule has 0 amide bonds. The molecule has 1 aliphatic rings. The van der Waals surface area contributed by atoms with Gasteiger partial charge in [-0.15, -0.1) is 0 Å². The Kier molecular flexibility index (Phi) is 8.21. The van der Waals surface area contributed by atoms with Crippen LogP contribution in [0, 0.1) is 16.0 Å². The summed E-state index contributed by atoms with van der Waals surface area (Å²) in [5.74, 6) is -0.0394. The molecule has 172 valence electrons. The van der Waals surface area contributed by atoms with E-state index in [1.165, 1.54) is 31.2 Å². The molecule has 0 aromatic heterocycles. The van der Waals surface area contributed by atoms with Crippen LogP contribution in [0.4, 0.5) is 5.69 Å². The number of carbonyl (C=O) groups is 1. The second-order valence-corrected chi connectivity index (χ2v) is 8.90. The number of nitrogens with one attached hydrogen (secondary N) is 1. The highest BCUT2D eigenvalue weighted by molar-refractivity contribution is 7.52. The summed E-state index contributed by atoms with van der Waals surface area (Å²) in [6, 6.07) is 12.4. The average Bonchev–Trinajstić information content (AvgIpc) is 2.79. The van der Waals surface area contributed by atoms with E-state index in [1.807, 2.05) is 0 Å². The van der Waals surface area contributed by atoms with Gasteiger partial charge in [-0.2, -0.15) is 5.09 Å². The molecule has 1 aliphatic heterocycles. The van der Waals surface area contributed by atoms with Gasteiger partial charge in [0.25, 0.3) is 5.69 Å². The molecule has 1 saturated heterocycles. The van der Waals surface area contributed by atoms with Gasteiger partial charge in [0.15, 0.2) is 0 Å². The number of nitro benzene ring substituents is 1. The first-order valence-corrected chi connectivity index (χ1v) is 11.7. The van der Waals surface area contributed by atoms with Crippen LogP contribution in [0.5, 0.6) is 11.5 Å². The monoisotopic (exact) mass is 464 g/mol. The highest BCUT2D eigenvalue weighted by Crippen LogP contribution is 2.45. The summed E-state index contributed by atoms with van der Waals surface area (Å²) in [4.78, 5) is 22.8. The molecule has 3 rings (SSSR count). The van der Waals surface area contributed by atoms with E-state index in [9.17, 15) is 19.5 Å². The van der Waals surface area contributed by atoms with E-state index < -0.39 is 24.7 Å². The van der Waals surface area contributed by atoms with Crippen molar-refractivity contribution in [1.82, 2.24) is 5.09 Å². The smallest absolute Gasteiger partial charge is 0.464 e. The molecule has 1 fully saturated rings. The number of carbonyl (C=O) groups excluding carboxylic acids is 1. The van der Waals surface area contributed by atoms with Crippen LogP contribution in [0.2, 0.25) is 0 Å². The molecule has 0 saturated carbocycles. The van der Waals surface area contributed by atoms with Crippen molar-refractivity contribution in [1.29, 1.82) is 0 Å². The minimum Gasteiger partial charge on any atom is -0.464 e. The van der Waals surface area contributed by atoms with Gasteiger partial charge in [0.05, 0.1) is 11.5 Å². The summed E-state index contributed by atoms with van der Waals surface area (Å²) < 4.78 is 35.2. The number of rotatable bonds is 10. The predicted molar refractivity (Wildman–Crippen MR) is 116 cm³/mol. The van der Waals surface area contributed by atoms with Gasteiger partial charge in [-0.05, 0) is 49.9 Å². The molecule has 0 radical (unpaired) electrons. The van der Waals surface area contributed by atoms with E-state index >= 15 is 0 Å². The van der Waals surface area contributed by atoms with Gasteiger partial charge in [0, 0.05) is 25.3 Å². The maximum atomic E-state index is 13.5. The van der Waals surface area contributed by atoms with Crippen LogP contribution in [0.15, 0.2) is 54.6 Å². The van der Waals surface area contributed by atoms with Crippen LogP contribution < -0.4 is 14.1 Å². The zero-order chi connectivity index (χ0) is 23.0. The number of nitro groups is 1. The quantitative estimate of drug-likeness (QED) is 0.239. The molecule has 1 heterocycles. The number of hydrogen-bond acceptors (Lipinski definition) is 8. The number of non-ortho nitro benzene ring substituents is 1. The van der Waals surface area contributed by atoms with Crippen molar-refractivity contribution in [3.05, 3.63) is 64.7 Å². The van der Waals surface area contributed by atoms with Crippen molar-refractivity contribution in [3.8, 4) is 11.5 Å². The van der Waals surface area contributed by atoms with E-state index in [1.54, 1.807) is 30.3 Å². The third-order valence-corrected chi connectivity index (χ3v) is 6.36. The van der Waals surface area contributed by atoms with E-state index in [2.05, 4.69) is 5.09 Å². The van der Waals surface area contributed by atoms with Gasteiger partial charge < -0.3 is 18.5 Å². The Balaban J connectivity index is 1.68. The second-order valence-electron chi connectivity index (χ2n) is 7.28. The molecule has 1 unspecified atom stereocenters. The third kappa shape index (κ3) is 7.05. The fourth-order valence-electron chi connectivity index (χ4n) is 2.99. The first-order chi connectivity index (χ1) is 15.3. The van der Waals surface area contributed by atoms with Crippen molar-refractivity contribution < 1.29 is 32.8 Å². The minimum atomic E-state index is -4.11. The number of ether oxygens (including phenoxy) is 2. The lowest BCUT2D eigenvalue weighted by Crippen LogP contribution is -2.36. The van der Waals surface area contributed by atoms with E-state index in [0.717, 1.165) is 12.8 Å². The Morgan fingerprint density at radius 2 is 1.72 bits per heavy atom. The van der Waals surface area contributed by atoms with Crippen LogP contribution in [0.3, 0.4) is 0 Å². The number of esters is 1. The lowest BCUT2D eigenvalue weighted by molar-refractivity contribution is -0.384. The summed E-state index contributed by atoms with van der Waals surface area (Å²) in [7, 11) is -4.11. The fourth-order valence-corrected chi connectivity index (χ4v) is 4.51. The molecular weight excluding hydrogens is 439 g/mol. The average molecular weight is 464 g/mol. The van der Waals surface area contributed by atoms with Crippen LogP contribution in [-0.2, 0) is 18.8 Å². The summed E-state index contributed by atoms with van der Waals surface area (Å²) in [5, 5.41) is 13.4. The molecule has 11 heteroatoms. The number of nitrogens with zero attached hydrogens (tertiary/aromatic N) is 1. The van der Waals surface area contributed by atoms with Crippen LogP contribution >= 0.6 is 7.75 Å². The molecular formula is C21H25N2O8P. The Bertz CT molecular complexity index is 948. The molecule has 32 heavy (non-hydrogen) atoms. The summed E-state index contributed by atoms with van der Waals surface area (Å²) >= 11 is 0. The Morgan fingerprint density at radius 3 is 2.31 bits per heavy atom. The molecule has 0 spiro atoms. The fraction of sp³-hybridized carbons (Fsp3) is 0.381. The Labute approximate surface area is 185 Å². The summed E-state index contributed by atoms with van der Waals surface area (Å²) in [6.07, 6.45) is 1.63. The van der Waals surface area contributed by atoms with Gasteiger partial charge in [-0.25, -0.2) is 4.57 Å². The Hall–Kier alpha value is -2.94. The second kappa shape index (κ2) is 11.1.